The summed E-state index contributed by atoms with van der Waals surface area (Å²) in [5.41, 5.74) is 13.8. The van der Waals surface area contributed by atoms with Crippen molar-refractivity contribution in [3.63, 3.8) is 0 Å². The number of aryl methyl sites for hydroxylation is 1. The summed E-state index contributed by atoms with van der Waals surface area (Å²) in [6.45, 7) is 4.36. The lowest BCUT2D eigenvalue weighted by molar-refractivity contribution is 0.170. The average molecular weight is 436 g/mol. The standard InChI is InChI=1S/C26H37N5O/c27-25(28)22-8-6-20(7-9-22)4-1-2-16-31-17-14-21(15-18-31)5-3-19-32-24-12-10-23(11-13-24)26(29)30/h6-13,21H,1-5,14-19H2,(H3,27,28)(H3,29,30). The molecule has 2 aromatic rings. The predicted molar refractivity (Wildman–Crippen MR) is 132 cm³/mol. The van der Waals surface area contributed by atoms with Gasteiger partial charge in [0.15, 0.2) is 0 Å². The van der Waals surface area contributed by atoms with Crippen molar-refractivity contribution in [3.05, 3.63) is 65.2 Å². The lowest BCUT2D eigenvalue weighted by Gasteiger charge is -2.32. The van der Waals surface area contributed by atoms with Crippen LogP contribution in [0.4, 0.5) is 0 Å². The quantitative estimate of drug-likeness (QED) is 0.228. The smallest absolute Gasteiger partial charge is 0.122 e. The number of nitrogens with one attached hydrogen (secondary N) is 2. The SMILES string of the molecule is N=C(N)c1ccc(CCCCN2CCC(CCCOc3ccc(C(=N)N)cc3)CC2)cc1. The molecule has 1 fully saturated rings. The third-order valence-corrected chi connectivity index (χ3v) is 6.35. The first-order chi connectivity index (χ1) is 15.5. The van der Waals surface area contributed by atoms with E-state index in [4.69, 9.17) is 27.0 Å². The van der Waals surface area contributed by atoms with Crippen LogP contribution in [0, 0.1) is 16.7 Å². The molecule has 6 heteroatoms. The van der Waals surface area contributed by atoms with Gasteiger partial charge in [0.25, 0.3) is 0 Å². The van der Waals surface area contributed by atoms with Gasteiger partial charge in [-0.1, -0.05) is 24.3 Å². The van der Waals surface area contributed by atoms with Crippen molar-refractivity contribution >= 4 is 11.7 Å². The van der Waals surface area contributed by atoms with Gasteiger partial charge < -0.3 is 21.1 Å². The Bertz CT molecular complexity index is 781. The van der Waals surface area contributed by atoms with Crippen LogP contribution in [-0.2, 0) is 6.42 Å². The highest BCUT2D eigenvalue weighted by molar-refractivity contribution is 5.95. The van der Waals surface area contributed by atoms with E-state index >= 15 is 0 Å². The number of rotatable bonds is 12. The fourth-order valence-corrected chi connectivity index (χ4v) is 4.31. The van der Waals surface area contributed by atoms with E-state index in [9.17, 15) is 0 Å². The Morgan fingerprint density at radius 3 is 2.03 bits per heavy atom. The monoisotopic (exact) mass is 435 g/mol. The van der Waals surface area contributed by atoms with Crippen LogP contribution in [0.15, 0.2) is 48.5 Å². The summed E-state index contributed by atoms with van der Waals surface area (Å²) in [4.78, 5) is 2.61. The summed E-state index contributed by atoms with van der Waals surface area (Å²) in [5, 5.41) is 14.9. The zero-order valence-electron chi connectivity index (χ0n) is 19.0. The van der Waals surface area contributed by atoms with Gasteiger partial charge >= 0.3 is 0 Å². The van der Waals surface area contributed by atoms with Crippen molar-refractivity contribution < 1.29 is 4.74 Å². The number of ether oxygens (including phenoxy) is 1. The molecule has 6 N–H and O–H groups in total. The Morgan fingerprint density at radius 1 is 0.844 bits per heavy atom. The first-order valence-corrected chi connectivity index (χ1v) is 11.7. The molecule has 0 spiro atoms. The molecule has 1 aliphatic heterocycles. The highest BCUT2D eigenvalue weighted by Crippen LogP contribution is 2.22. The number of nitrogen functional groups attached to an aromatic ring is 2. The normalized spacial score (nSPS) is 14.9. The maximum atomic E-state index is 7.46. The second-order valence-electron chi connectivity index (χ2n) is 8.78. The molecule has 0 aliphatic carbocycles. The van der Waals surface area contributed by atoms with Crippen LogP contribution in [-0.4, -0.2) is 42.8 Å². The van der Waals surface area contributed by atoms with Gasteiger partial charge in [-0.3, -0.25) is 10.8 Å². The number of amidine groups is 2. The number of hydrogen-bond acceptors (Lipinski definition) is 4. The van der Waals surface area contributed by atoms with Crippen molar-refractivity contribution in [2.24, 2.45) is 17.4 Å². The Balaban J connectivity index is 1.23. The maximum absolute atomic E-state index is 7.46. The minimum absolute atomic E-state index is 0.0864. The molecule has 0 aromatic heterocycles. The predicted octanol–water partition coefficient (Wildman–Crippen LogP) is 4.15. The molecular formula is C26H37N5O. The summed E-state index contributed by atoms with van der Waals surface area (Å²) < 4.78 is 5.83. The zero-order chi connectivity index (χ0) is 22.8. The average Bonchev–Trinajstić information content (AvgIpc) is 2.81. The van der Waals surface area contributed by atoms with Crippen LogP contribution in [0.1, 0.15) is 55.2 Å². The van der Waals surface area contributed by atoms with Gasteiger partial charge in [0.05, 0.1) is 6.61 Å². The summed E-state index contributed by atoms with van der Waals surface area (Å²) in [7, 11) is 0. The van der Waals surface area contributed by atoms with E-state index < -0.39 is 0 Å². The summed E-state index contributed by atoms with van der Waals surface area (Å²) in [6, 6.07) is 15.5. The fraction of sp³-hybridized carbons (Fsp3) is 0.462. The molecule has 1 heterocycles. The lowest BCUT2D eigenvalue weighted by Crippen LogP contribution is -2.34. The van der Waals surface area contributed by atoms with Crippen LogP contribution in [0.5, 0.6) is 5.75 Å². The molecule has 0 atom stereocenters. The van der Waals surface area contributed by atoms with E-state index in [0.29, 0.717) is 0 Å². The van der Waals surface area contributed by atoms with Gasteiger partial charge in [-0.25, -0.2) is 0 Å². The van der Waals surface area contributed by atoms with E-state index in [1.54, 1.807) is 0 Å². The Kier molecular flexibility index (Phi) is 9.11. The second kappa shape index (κ2) is 12.2. The van der Waals surface area contributed by atoms with Crippen LogP contribution in [0.3, 0.4) is 0 Å². The third-order valence-electron chi connectivity index (χ3n) is 6.35. The van der Waals surface area contributed by atoms with Crippen molar-refractivity contribution in [3.8, 4) is 5.75 Å². The minimum Gasteiger partial charge on any atom is -0.494 e. The van der Waals surface area contributed by atoms with Crippen molar-refractivity contribution in [2.75, 3.05) is 26.2 Å². The molecule has 0 unspecified atom stereocenters. The summed E-state index contributed by atoms with van der Waals surface area (Å²) >= 11 is 0. The molecule has 1 saturated heterocycles. The number of benzene rings is 2. The second-order valence-corrected chi connectivity index (χ2v) is 8.78. The number of piperidine rings is 1. The van der Waals surface area contributed by atoms with Gasteiger partial charge in [-0.2, -0.15) is 0 Å². The zero-order valence-corrected chi connectivity index (χ0v) is 19.0. The molecule has 0 bridgehead atoms. The van der Waals surface area contributed by atoms with Crippen molar-refractivity contribution in [2.45, 2.75) is 44.9 Å². The maximum Gasteiger partial charge on any atom is 0.122 e. The molecular weight excluding hydrogens is 398 g/mol. The highest BCUT2D eigenvalue weighted by atomic mass is 16.5. The number of unbranched alkanes of at least 4 members (excludes halogenated alkanes) is 1. The van der Waals surface area contributed by atoms with E-state index in [0.717, 1.165) is 42.2 Å². The molecule has 2 aromatic carbocycles. The topological polar surface area (TPSA) is 112 Å². The third kappa shape index (κ3) is 7.68. The summed E-state index contributed by atoms with van der Waals surface area (Å²) in [5.74, 6) is 1.88. The number of likely N-dealkylation sites (tertiary alicyclic amines) is 1. The van der Waals surface area contributed by atoms with Gasteiger partial charge in [-0.15, -0.1) is 0 Å². The van der Waals surface area contributed by atoms with Gasteiger partial charge in [0.1, 0.15) is 17.4 Å². The van der Waals surface area contributed by atoms with Crippen LogP contribution >= 0.6 is 0 Å². The van der Waals surface area contributed by atoms with Crippen LogP contribution < -0.4 is 16.2 Å². The first kappa shape index (κ1) is 23.8. The largest absolute Gasteiger partial charge is 0.494 e. The van der Waals surface area contributed by atoms with E-state index in [2.05, 4.69) is 17.0 Å². The van der Waals surface area contributed by atoms with Gasteiger partial charge in [-0.05, 0) is 100 Å². The number of nitrogens with zero attached hydrogens (tertiary/aromatic N) is 1. The van der Waals surface area contributed by atoms with Crippen LogP contribution in [0.25, 0.3) is 0 Å². The number of nitrogens with two attached hydrogens (primary N) is 2. The van der Waals surface area contributed by atoms with Crippen LogP contribution in [0.2, 0.25) is 0 Å². The first-order valence-electron chi connectivity index (χ1n) is 11.7. The van der Waals surface area contributed by atoms with E-state index in [1.807, 2.05) is 36.4 Å². The van der Waals surface area contributed by atoms with Gasteiger partial charge in [0, 0.05) is 11.1 Å². The van der Waals surface area contributed by atoms with Crippen molar-refractivity contribution in [1.82, 2.24) is 4.90 Å². The molecule has 0 saturated carbocycles. The Hall–Kier alpha value is -2.86. The molecule has 1 aliphatic rings. The number of hydrogen-bond donors (Lipinski definition) is 4. The van der Waals surface area contributed by atoms with E-state index in [1.165, 1.54) is 57.3 Å². The summed E-state index contributed by atoms with van der Waals surface area (Å²) in [6.07, 6.45) is 8.42. The minimum atomic E-state index is 0.0864. The van der Waals surface area contributed by atoms with E-state index in [-0.39, 0.29) is 11.7 Å². The highest BCUT2D eigenvalue weighted by Gasteiger charge is 2.18. The molecule has 0 amide bonds. The molecule has 6 nitrogen and oxygen atoms in total. The Morgan fingerprint density at radius 2 is 1.44 bits per heavy atom. The molecule has 32 heavy (non-hydrogen) atoms. The molecule has 172 valence electrons. The molecule has 3 rings (SSSR count). The fourth-order valence-electron chi connectivity index (χ4n) is 4.31. The molecule has 0 radical (unpaired) electrons. The Labute approximate surface area is 192 Å². The van der Waals surface area contributed by atoms with Gasteiger partial charge in [0.2, 0.25) is 0 Å². The lowest BCUT2D eigenvalue weighted by atomic mass is 9.92. The van der Waals surface area contributed by atoms with Crippen molar-refractivity contribution in [1.29, 1.82) is 10.8 Å².